The molecular formula is C27H34ClNO8. The van der Waals surface area contributed by atoms with E-state index in [0.29, 0.717) is 19.3 Å². The molecule has 7 atom stereocenters. The first-order valence-electron chi connectivity index (χ1n) is 13.0. The van der Waals surface area contributed by atoms with E-state index in [1.54, 1.807) is 26.0 Å². The molecule has 9 nitrogen and oxygen atoms in total. The maximum atomic E-state index is 13.8. The SMILES string of the molecule is CCC(=O)OCC(=O)[C@@]1(OC(=O)CC)CC[C@H]2[C@@H]3CCC4=CC(=O)C=C[C@]4(C)[C@@]3(Cl)[C@@H](ON=O)C[C@@]21C. The molecule has 37 heavy (non-hydrogen) atoms. The van der Waals surface area contributed by atoms with Crippen LogP contribution in [-0.4, -0.2) is 46.7 Å². The smallest absolute Gasteiger partial charge is 0.306 e. The molecule has 0 radical (unpaired) electrons. The third-order valence-corrected chi connectivity index (χ3v) is 10.5. The molecule has 10 heteroatoms. The van der Waals surface area contributed by atoms with Gasteiger partial charge in [-0.1, -0.05) is 39.3 Å². The van der Waals surface area contributed by atoms with Crippen LogP contribution in [0.15, 0.2) is 29.1 Å². The normalized spacial score (nSPS) is 40.0. The molecule has 4 aliphatic carbocycles. The number of carbonyl (C=O) groups excluding carboxylic acids is 4. The van der Waals surface area contributed by atoms with Crippen LogP contribution in [-0.2, 0) is 33.5 Å². The Kier molecular flexibility index (Phi) is 7.16. The Balaban J connectivity index is 1.81. The van der Waals surface area contributed by atoms with Crippen LogP contribution < -0.4 is 0 Å². The second-order valence-corrected chi connectivity index (χ2v) is 11.7. The molecule has 0 N–H and O–H groups in total. The van der Waals surface area contributed by atoms with Gasteiger partial charge in [0, 0.05) is 23.7 Å². The number of allylic oxidation sites excluding steroid dienone is 4. The van der Waals surface area contributed by atoms with E-state index in [-0.39, 0.29) is 43.3 Å². The highest BCUT2D eigenvalue weighted by Gasteiger charge is 2.75. The zero-order valence-corrected chi connectivity index (χ0v) is 22.5. The number of rotatable bonds is 8. The zero-order chi connectivity index (χ0) is 27.2. The van der Waals surface area contributed by atoms with Crippen molar-refractivity contribution in [3.8, 4) is 0 Å². The van der Waals surface area contributed by atoms with Crippen LogP contribution in [0.2, 0.25) is 0 Å². The van der Waals surface area contributed by atoms with Crippen LogP contribution in [0.25, 0.3) is 0 Å². The minimum Gasteiger partial charge on any atom is -0.457 e. The molecule has 0 aromatic heterocycles. The molecule has 3 saturated carbocycles. The summed E-state index contributed by atoms with van der Waals surface area (Å²) in [5, 5.41) is 2.76. The topological polar surface area (TPSA) is 125 Å². The number of carbonyl (C=O) groups is 4. The van der Waals surface area contributed by atoms with Crippen LogP contribution in [0, 0.1) is 27.6 Å². The Morgan fingerprint density at radius 2 is 1.81 bits per heavy atom. The number of nitrogens with zero attached hydrogens (tertiary/aromatic N) is 1. The predicted octanol–water partition coefficient (Wildman–Crippen LogP) is 4.55. The van der Waals surface area contributed by atoms with Crippen molar-refractivity contribution in [3.05, 3.63) is 28.7 Å². The van der Waals surface area contributed by atoms with Gasteiger partial charge in [-0.3, -0.25) is 19.2 Å². The van der Waals surface area contributed by atoms with Crippen LogP contribution >= 0.6 is 11.6 Å². The quantitative estimate of drug-likeness (QED) is 0.192. The van der Waals surface area contributed by atoms with E-state index in [2.05, 4.69) is 5.34 Å². The number of ether oxygens (including phenoxy) is 2. The Labute approximate surface area is 221 Å². The summed E-state index contributed by atoms with van der Waals surface area (Å²) in [4.78, 5) is 66.2. The van der Waals surface area contributed by atoms with Crippen molar-refractivity contribution < 1.29 is 33.5 Å². The lowest BCUT2D eigenvalue weighted by Gasteiger charge is -2.63. The van der Waals surface area contributed by atoms with Crippen LogP contribution in [0.3, 0.4) is 0 Å². The van der Waals surface area contributed by atoms with Crippen LogP contribution in [0.5, 0.6) is 0 Å². The van der Waals surface area contributed by atoms with Gasteiger partial charge in [-0.15, -0.1) is 16.5 Å². The van der Waals surface area contributed by atoms with Gasteiger partial charge in [0.1, 0.15) is 0 Å². The summed E-state index contributed by atoms with van der Waals surface area (Å²) < 4.78 is 11.1. The first kappa shape index (κ1) is 27.5. The summed E-state index contributed by atoms with van der Waals surface area (Å²) >= 11 is 7.55. The number of halogens is 1. The van der Waals surface area contributed by atoms with Gasteiger partial charge in [0.15, 0.2) is 29.4 Å². The van der Waals surface area contributed by atoms with E-state index in [9.17, 15) is 24.1 Å². The molecule has 0 unspecified atom stereocenters. The molecule has 0 amide bonds. The lowest BCUT2D eigenvalue weighted by Crippen LogP contribution is -2.69. The van der Waals surface area contributed by atoms with E-state index >= 15 is 0 Å². The van der Waals surface area contributed by atoms with Gasteiger partial charge in [0.25, 0.3) is 0 Å². The summed E-state index contributed by atoms with van der Waals surface area (Å²) in [6.07, 6.45) is 6.22. The molecule has 0 heterocycles. The van der Waals surface area contributed by atoms with Gasteiger partial charge < -0.3 is 14.3 Å². The molecule has 0 spiro atoms. The molecule has 4 rings (SSSR count). The van der Waals surface area contributed by atoms with E-state index in [4.69, 9.17) is 25.9 Å². The van der Waals surface area contributed by atoms with Crippen molar-refractivity contribution in [2.45, 2.75) is 89.2 Å². The van der Waals surface area contributed by atoms with Crippen LogP contribution in [0.4, 0.5) is 0 Å². The lowest BCUT2D eigenvalue weighted by molar-refractivity contribution is -0.202. The number of alkyl halides is 1. The summed E-state index contributed by atoms with van der Waals surface area (Å²) in [5.74, 6) is -2.09. The molecule has 0 aromatic carbocycles. The minimum absolute atomic E-state index is 0.0638. The highest BCUT2D eigenvalue weighted by molar-refractivity contribution is 6.26. The summed E-state index contributed by atoms with van der Waals surface area (Å²) in [7, 11) is 0. The van der Waals surface area contributed by atoms with Crippen LogP contribution in [0.1, 0.15) is 72.6 Å². The van der Waals surface area contributed by atoms with Crippen molar-refractivity contribution in [2.75, 3.05) is 6.61 Å². The van der Waals surface area contributed by atoms with E-state index in [0.717, 1.165) is 5.57 Å². The zero-order valence-electron chi connectivity index (χ0n) is 21.7. The van der Waals surface area contributed by atoms with Crippen molar-refractivity contribution in [2.24, 2.45) is 28.0 Å². The maximum absolute atomic E-state index is 13.8. The first-order valence-corrected chi connectivity index (χ1v) is 13.3. The Morgan fingerprint density at radius 3 is 2.46 bits per heavy atom. The fraction of sp³-hybridized carbons (Fsp3) is 0.704. The molecule has 4 aliphatic rings. The van der Waals surface area contributed by atoms with Crippen molar-refractivity contribution in [3.63, 3.8) is 0 Å². The lowest BCUT2D eigenvalue weighted by atomic mass is 9.45. The molecule has 0 saturated heterocycles. The van der Waals surface area contributed by atoms with Crippen molar-refractivity contribution >= 4 is 35.1 Å². The fourth-order valence-electron chi connectivity index (χ4n) is 7.64. The highest BCUT2D eigenvalue weighted by Crippen LogP contribution is 2.71. The molecule has 202 valence electrons. The summed E-state index contributed by atoms with van der Waals surface area (Å²) in [6, 6.07) is 0. The van der Waals surface area contributed by atoms with Gasteiger partial charge >= 0.3 is 11.9 Å². The second-order valence-electron chi connectivity index (χ2n) is 11.0. The highest BCUT2D eigenvalue weighted by atomic mass is 35.5. The molecule has 0 bridgehead atoms. The van der Waals surface area contributed by atoms with Gasteiger partial charge in [0.05, 0.1) is 4.87 Å². The maximum Gasteiger partial charge on any atom is 0.306 e. The van der Waals surface area contributed by atoms with Crippen molar-refractivity contribution in [1.82, 2.24) is 0 Å². The fourth-order valence-corrected chi connectivity index (χ4v) is 8.20. The van der Waals surface area contributed by atoms with Crippen molar-refractivity contribution in [1.29, 1.82) is 0 Å². The summed E-state index contributed by atoms with van der Waals surface area (Å²) in [6.45, 7) is 6.57. The number of fused-ring (bicyclic) bond motifs is 5. The number of hydrogen-bond donors (Lipinski definition) is 0. The van der Waals surface area contributed by atoms with Gasteiger partial charge in [-0.05, 0) is 56.1 Å². The molecule has 3 fully saturated rings. The van der Waals surface area contributed by atoms with E-state index in [1.165, 1.54) is 6.08 Å². The third kappa shape index (κ3) is 3.87. The molecule has 0 aliphatic heterocycles. The third-order valence-electron chi connectivity index (χ3n) is 9.59. The number of Topliss-reactive ketones (excluding diaryl/α,β-unsaturated/α-hetero) is 1. The second kappa shape index (κ2) is 9.64. The largest absolute Gasteiger partial charge is 0.457 e. The standard InChI is InChI=1S/C27H34ClNO8/c1-5-22(32)35-15-20(31)26(36-23(33)6-2)12-10-18-19-8-7-16-13-17(30)9-11-24(16,3)27(19,28)21(37-29-34)14-25(18,26)4/h9,11,13,18-19,21H,5-8,10,12,14-15H2,1-4H3/t18-,19-,21-,24-,25-,26-,27-/m0/s1. The first-order chi connectivity index (χ1) is 17.4. The predicted molar refractivity (Wildman–Crippen MR) is 133 cm³/mol. The average Bonchev–Trinajstić information content (AvgIpc) is 3.16. The van der Waals surface area contributed by atoms with Gasteiger partial charge in [0.2, 0.25) is 5.78 Å². The Hall–Kier alpha value is -2.55. The van der Waals surface area contributed by atoms with E-state index < -0.39 is 51.7 Å². The molecular weight excluding hydrogens is 502 g/mol. The van der Waals surface area contributed by atoms with E-state index in [1.807, 2.05) is 13.8 Å². The van der Waals surface area contributed by atoms with Gasteiger partial charge in [-0.25, -0.2) is 0 Å². The number of ketones is 2. The summed E-state index contributed by atoms with van der Waals surface area (Å²) in [5.41, 5.74) is -2.44. The number of hydrogen-bond acceptors (Lipinski definition) is 9. The monoisotopic (exact) mass is 535 g/mol. The minimum atomic E-state index is -1.57. The Morgan fingerprint density at radius 1 is 1.11 bits per heavy atom. The Bertz CT molecular complexity index is 1090. The average molecular weight is 536 g/mol. The van der Waals surface area contributed by atoms with Gasteiger partial charge in [-0.2, -0.15) is 0 Å². The molecule has 0 aromatic rings. The number of esters is 2.